The fourth-order valence-electron chi connectivity index (χ4n) is 1.69. The predicted octanol–water partition coefficient (Wildman–Crippen LogP) is 3.35. The van der Waals surface area contributed by atoms with Gasteiger partial charge in [0.15, 0.2) is 0 Å². The average Bonchev–Trinajstić information content (AvgIpc) is 2.70. The second-order valence-electron chi connectivity index (χ2n) is 3.88. The second kappa shape index (κ2) is 4.84. The summed E-state index contributed by atoms with van der Waals surface area (Å²) in [6.07, 6.45) is 4.94. The Kier molecular flexibility index (Phi) is 3.25. The highest BCUT2D eigenvalue weighted by Crippen LogP contribution is 2.18. The van der Waals surface area contributed by atoms with Gasteiger partial charge in [0.2, 0.25) is 5.95 Å². The van der Waals surface area contributed by atoms with Crippen LogP contribution in [-0.4, -0.2) is 9.55 Å². The van der Waals surface area contributed by atoms with E-state index in [9.17, 15) is 0 Å². The molecule has 1 aromatic carbocycles. The highest BCUT2D eigenvalue weighted by atomic mass is 15.2. The Morgan fingerprint density at radius 3 is 2.88 bits per heavy atom. The van der Waals surface area contributed by atoms with Crippen LogP contribution in [0.25, 0.3) is 0 Å². The number of hydrogen-bond acceptors (Lipinski definition) is 2. The quantitative estimate of drug-likeness (QED) is 0.847. The van der Waals surface area contributed by atoms with E-state index in [2.05, 4.69) is 40.8 Å². The van der Waals surface area contributed by atoms with E-state index in [1.54, 1.807) is 0 Å². The van der Waals surface area contributed by atoms with Crippen molar-refractivity contribution in [3.63, 3.8) is 0 Å². The SMILES string of the molecule is CCCn1ccnc1Nc1ccccc1C. The predicted molar refractivity (Wildman–Crippen MR) is 67.0 cm³/mol. The monoisotopic (exact) mass is 215 g/mol. The van der Waals surface area contributed by atoms with E-state index < -0.39 is 0 Å². The molecule has 0 bridgehead atoms. The first-order valence-electron chi connectivity index (χ1n) is 5.65. The summed E-state index contributed by atoms with van der Waals surface area (Å²) in [5.41, 5.74) is 2.35. The zero-order valence-electron chi connectivity index (χ0n) is 9.77. The van der Waals surface area contributed by atoms with Crippen LogP contribution in [0.3, 0.4) is 0 Å². The summed E-state index contributed by atoms with van der Waals surface area (Å²) in [5.74, 6) is 0.913. The van der Waals surface area contributed by atoms with Crippen LogP contribution in [0.4, 0.5) is 11.6 Å². The number of imidazole rings is 1. The molecule has 0 saturated heterocycles. The highest BCUT2D eigenvalue weighted by molar-refractivity contribution is 5.58. The van der Waals surface area contributed by atoms with Gasteiger partial charge in [0.25, 0.3) is 0 Å². The van der Waals surface area contributed by atoms with Gasteiger partial charge in [-0.3, -0.25) is 0 Å². The number of nitrogens with one attached hydrogen (secondary N) is 1. The minimum atomic E-state index is 0.913. The van der Waals surface area contributed by atoms with Gasteiger partial charge in [0, 0.05) is 24.6 Å². The van der Waals surface area contributed by atoms with E-state index >= 15 is 0 Å². The summed E-state index contributed by atoms with van der Waals surface area (Å²) in [6.45, 7) is 5.25. The molecular formula is C13H17N3. The van der Waals surface area contributed by atoms with Gasteiger partial charge in [-0.15, -0.1) is 0 Å². The Bertz CT molecular complexity index is 460. The molecule has 84 valence electrons. The standard InChI is InChI=1S/C13H17N3/c1-3-9-16-10-8-14-13(16)15-12-7-5-4-6-11(12)2/h4-8,10H,3,9H2,1-2H3,(H,14,15). The Morgan fingerprint density at radius 2 is 2.12 bits per heavy atom. The van der Waals surface area contributed by atoms with Crippen LogP contribution in [-0.2, 0) is 6.54 Å². The Labute approximate surface area is 96.1 Å². The second-order valence-corrected chi connectivity index (χ2v) is 3.88. The summed E-state index contributed by atoms with van der Waals surface area (Å²) in [6, 6.07) is 8.23. The number of rotatable bonds is 4. The van der Waals surface area contributed by atoms with Crippen molar-refractivity contribution >= 4 is 11.6 Å². The van der Waals surface area contributed by atoms with Crippen molar-refractivity contribution < 1.29 is 0 Å². The number of aryl methyl sites for hydroxylation is 2. The molecule has 1 heterocycles. The molecule has 0 aliphatic heterocycles. The summed E-state index contributed by atoms with van der Waals surface area (Å²) in [4.78, 5) is 4.32. The van der Waals surface area contributed by atoms with E-state index in [1.165, 1.54) is 5.56 Å². The van der Waals surface area contributed by atoms with Gasteiger partial charge >= 0.3 is 0 Å². The summed E-state index contributed by atoms with van der Waals surface area (Å²) >= 11 is 0. The lowest BCUT2D eigenvalue weighted by molar-refractivity contribution is 0.686. The lowest BCUT2D eigenvalue weighted by atomic mass is 10.2. The molecule has 16 heavy (non-hydrogen) atoms. The van der Waals surface area contributed by atoms with Gasteiger partial charge in [-0.2, -0.15) is 0 Å². The number of aromatic nitrogens is 2. The molecule has 0 aliphatic rings. The van der Waals surface area contributed by atoms with Crippen molar-refractivity contribution in [1.82, 2.24) is 9.55 Å². The van der Waals surface area contributed by atoms with E-state index in [0.29, 0.717) is 0 Å². The Balaban J connectivity index is 2.20. The van der Waals surface area contributed by atoms with Gasteiger partial charge < -0.3 is 9.88 Å². The fraction of sp³-hybridized carbons (Fsp3) is 0.308. The van der Waals surface area contributed by atoms with Crippen LogP contribution < -0.4 is 5.32 Å². The van der Waals surface area contributed by atoms with E-state index in [0.717, 1.165) is 24.6 Å². The van der Waals surface area contributed by atoms with Gasteiger partial charge in [-0.1, -0.05) is 25.1 Å². The molecule has 2 aromatic rings. The van der Waals surface area contributed by atoms with Gasteiger partial charge in [0.05, 0.1) is 0 Å². The van der Waals surface area contributed by atoms with Crippen LogP contribution in [0.15, 0.2) is 36.7 Å². The van der Waals surface area contributed by atoms with Crippen LogP contribution in [0.1, 0.15) is 18.9 Å². The van der Waals surface area contributed by atoms with E-state index in [1.807, 2.05) is 24.5 Å². The number of para-hydroxylation sites is 1. The maximum atomic E-state index is 4.32. The van der Waals surface area contributed by atoms with Crippen molar-refractivity contribution in [1.29, 1.82) is 0 Å². The minimum Gasteiger partial charge on any atom is -0.325 e. The maximum Gasteiger partial charge on any atom is 0.207 e. The number of nitrogens with zero attached hydrogens (tertiary/aromatic N) is 2. The van der Waals surface area contributed by atoms with E-state index in [-0.39, 0.29) is 0 Å². The molecular weight excluding hydrogens is 198 g/mol. The van der Waals surface area contributed by atoms with Crippen LogP contribution in [0.2, 0.25) is 0 Å². The lowest BCUT2D eigenvalue weighted by Crippen LogP contribution is -2.03. The zero-order valence-corrected chi connectivity index (χ0v) is 9.77. The highest BCUT2D eigenvalue weighted by Gasteiger charge is 2.03. The summed E-state index contributed by atoms with van der Waals surface area (Å²) < 4.78 is 2.13. The number of hydrogen-bond donors (Lipinski definition) is 1. The van der Waals surface area contributed by atoms with Crippen LogP contribution in [0.5, 0.6) is 0 Å². The number of benzene rings is 1. The van der Waals surface area contributed by atoms with E-state index in [4.69, 9.17) is 0 Å². The normalized spacial score (nSPS) is 10.4. The van der Waals surface area contributed by atoms with Crippen LogP contribution >= 0.6 is 0 Å². The Morgan fingerprint density at radius 1 is 1.31 bits per heavy atom. The molecule has 0 aliphatic carbocycles. The summed E-state index contributed by atoms with van der Waals surface area (Å²) in [5, 5.41) is 3.36. The van der Waals surface area contributed by atoms with Crippen molar-refractivity contribution in [2.45, 2.75) is 26.8 Å². The van der Waals surface area contributed by atoms with Crippen molar-refractivity contribution in [2.75, 3.05) is 5.32 Å². The van der Waals surface area contributed by atoms with Gasteiger partial charge in [-0.25, -0.2) is 4.98 Å². The molecule has 2 rings (SSSR count). The van der Waals surface area contributed by atoms with Gasteiger partial charge in [-0.05, 0) is 25.0 Å². The third-order valence-corrected chi connectivity index (χ3v) is 2.57. The average molecular weight is 215 g/mol. The first-order valence-corrected chi connectivity index (χ1v) is 5.65. The zero-order chi connectivity index (χ0) is 11.4. The smallest absolute Gasteiger partial charge is 0.207 e. The first kappa shape index (κ1) is 10.7. The topological polar surface area (TPSA) is 29.9 Å². The third kappa shape index (κ3) is 2.24. The molecule has 3 heteroatoms. The van der Waals surface area contributed by atoms with Crippen LogP contribution in [0, 0.1) is 6.92 Å². The Hall–Kier alpha value is -1.77. The molecule has 0 saturated carbocycles. The molecule has 1 N–H and O–H groups in total. The lowest BCUT2D eigenvalue weighted by Gasteiger charge is -2.10. The van der Waals surface area contributed by atoms with Crippen molar-refractivity contribution in [3.8, 4) is 0 Å². The minimum absolute atomic E-state index is 0.913. The molecule has 0 unspecified atom stereocenters. The molecule has 0 spiro atoms. The van der Waals surface area contributed by atoms with Gasteiger partial charge in [0.1, 0.15) is 0 Å². The summed E-state index contributed by atoms with van der Waals surface area (Å²) in [7, 11) is 0. The largest absolute Gasteiger partial charge is 0.325 e. The molecule has 0 radical (unpaired) electrons. The third-order valence-electron chi connectivity index (χ3n) is 2.57. The molecule has 3 nitrogen and oxygen atoms in total. The molecule has 0 fully saturated rings. The molecule has 0 atom stereocenters. The number of anilines is 2. The van der Waals surface area contributed by atoms with Crippen molar-refractivity contribution in [2.24, 2.45) is 0 Å². The molecule has 0 amide bonds. The fourth-order valence-corrected chi connectivity index (χ4v) is 1.69. The first-order chi connectivity index (χ1) is 7.81. The van der Waals surface area contributed by atoms with Crippen molar-refractivity contribution in [3.05, 3.63) is 42.2 Å². The molecule has 1 aromatic heterocycles. The maximum absolute atomic E-state index is 4.32.